The second kappa shape index (κ2) is 11.1. The number of alkyl halides is 3. The Morgan fingerprint density at radius 2 is 2.05 bits per heavy atom. The van der Waals surface area contributed by atoms with Gasteiger partial charge in [0.2, 0.25) is 0 Å². The van der Waals surface area contributed by atoms with Gasteiger partial charge in [-0.2, -0.15) is 18.3 Å². The van der Waals surface area contributed by atoms with Crippen LogP contribution in [0.3, 0.4) is 0 Å². The van der Waals surface area contributed by atoms with Gasteiger partial charge in [0.05, 0.1) is 40.2 Å². The van der Waals surface area contributed by atoms with Crippen molar-refractivity contribution in [2.75, 3.05) is 19.6 Å². The van der Waals surface area contributed by atoms with Crippen LogP contribution in [-0.2, 0) is 19.1 Å². The number of carbonyl (C=O) groups is 2. The molecule has 1 atom stereocenters. The zero-order valence-electron chi connectivity index (χ0n) is 19.4. The third-order valence-electron chi connectivity index (χ3n) is 5.89. The van der Waals surface area contributed by atoms with E-state index in [4.69, 9.17) is 18.0 Å². The minimum atomic E-state index is -4.73. The number of hydrogen-bond acceptors (Lipinski definition) is 5. The Labute approximate surface area is 215 Å². The van der Waals surface area contributed by atoms with Crippen molar-refractivity contribution in [3.8, 4) is 23.6 Å². The van der Waals surface area contributed by atoms with Crippen LogP contribution in [-0.4, -0.2) is 51.6 Å². The number of rotatable bonds is 8. The molecule has 13 heteroatoms. The van der Waals surface area contributed by atoms with E-state index in [0.29, 0.717) is 23.6 Å². The summed E-state index contributed by atoms with van der Waals surface area (Å²) in [6.07, 6.45) is 2.51. The number of aromatic nitrogens is 4. The topological polar surface area (TPSA) is 128 Å². The molecule has 0 saturated carbocycles. The fourth-order valence-corrected chi connectivity index (χ4v) is 4.30. The van der Waals surface area contributed by atoms with Gasteiger partial charge < -0.3 is 20.9 Å². The number of carbonyl (C=O) groups excluding carboxylic acids is 2. The maximum Gasteiger partial charge on any atom is 0.435 e. The maximum absolute atomic E-state index is 13.4. The van der Waals surface area contributed by atoms with Crippen LogP contribution in [0.2, 0.25) is 5.02 Å². The first kappa shape index (κ1) is 26.2. The molecule has 1 aliphatic heterocycles. The number of benzene rings is 1. The summed E-state index contributed by atoms with van der Waals surface area (Å²) in [6.45, 7) is 2.40. The van der Waals surface area contributed by atoms with Gasteiger partial charge in [-0.3, -0.25) is 14.7 Å². The number of amides is 2. The number of terminal acetylenes is 1. The minimum Gasteiger partial charge on any atom is -0.352 e. The monoisotopic (exact) mass is 533 g/mol. The number of imidazole rings is 1. The molecule has 2 aromatic heterocycles. The van der Waals surface area contributed by atoms with Crippen LogP contribution in [0.1, 0.15) is 44.3 Å². The quantitative estimate of drug-likeness (QED) is 0.285. The van der Waals surface area contributed by atoms with E-state index in [1.54, 1.807) is 18.2 Å². The Kier molecular flexibility index (Phi) is 7.85. The van der Waals surface area contributed by atoms with Crippen molar-refractivity contribution in [1.29, 1.82) is 0 Å². The van der Waals surface area contributed by atoms with Crippen LogP contribution in [0, 0.1) is 18.3 Å². The van der Waals surface area contributed by atoms with Crippen molar-refractivity contribution in [2.45, 2.75) is 25.6 Å². The van der Waals surface area contributed by atoms with Crippen LogP contribution in [0.25, 0.3) is 11.3 Å². The molecule has 9 nitrogen and oxygen atoms in total. The van der Waals surface area contributed by atoms with E-state index in [0.717, 1.165) is 25.7 Å². The van der Waals surface area contributed by atoms with Crippen molar-refractivity contribution in [1.82, 2.24) is 36.1 Å². The number of aromatic amines is 2. The lowest BCUT2D eigenvalue weighted by Crippen LogP contribution is -2.30. The zero-order chi connectivity index (χ0) is 26.6. The summed E-state index contributed by atoms with van der Waals surface area (Å²) in [4.78, 5) is 31.5. The first-order chi connectivity index (χ1) is 17.7. The third-order valence-corrected chi connectivity index (χ3v) is 6.21. The number of nitrogens with zero attached hydrogens (tertiary/aromatic N) is 2. The van der Waals surface area contributed by atoms with Gasteiger partial charge in [0.1, 0.15) is 0 Å². The first-order valence-electron chi connectivity index (χ1n) is 11.4. The highest BCUT2D eigenvalue weighted by molar-refractivity contribution is 6.33. The van der Waals surface area contributed by atoms with Gasteiger partial charge in [0, 0.05) is 13.1 Å². The molecule has 2 amide bonds. The maximum atomic E-state index is 13.4. The van der Waals surface area contributed by atoms with Crippen molar-refractivity contribution >= 4 is 23.4 Å². The first-order valence-corrected chi connectivity index (χ1v) is 11.7. The highest BCUT2D eigenvalue weighted by atomic mass is 35.5. The predicted molar refractivity (Wildman–Crippen MR) is 130 cm³/mol. The molecule has 3 aromatic rings. The fourth-order valence-electron chi connectivity index (χ4n) is 4.01. The third kappa shape index (κ3) is 6.12. The van der Waals surface area contributed by atoms with E-state index in [9.17, 15) is 22.8 Å². The molecule has 1 aliphatic rings. The van der Waals surface area contributed by atoms with Crippen LogP contribution in [0.5, 0.6) is 0 Å². The summed E-state index contributed by atoms with van der Waals surface area (Å²) in [5.41, 5.74) is -0.491. The lowest BCUT2D eigenvalue weighted by Gasteiger charge is -2.12. The normalized spacial score (nSPS) is 15.4. The second-order valence-corrected chi connectivity index (χ2v) is 8.92. The molecule has 3 heterocycles. The highest BCUT2D eigenvalue weighted by Gasteiger charge is 2.39. The van der Waals surface area contributed by atoms with Gasteiger partial charge in [0.15, 0.2) is 11.5 Å². The summed E-state index contributed by atoms with van der Waals surface area (Å²) in [6, 6.07) is 4.79. The number of nitrogens with one attached hydrogen (secondary N) is 5. The fraction of sp³-hybridized carbons (Fsp3) is 0.333. The molecular formula is C24H23ClF3N7O2. The molecule has 4 rings (SSSR count). The Hall–Kier alpha value is -3.82. The van der Waals surface area contributed by atoms with Gasteiger partial charge in [-0.1, -0.05) is 17.7 Å². The molecule has 37 heavy (non-hydrogen) atoms. The standard InChI is InChI=1S/C24H23ClF3N7O2/c1-2-3-17-19(20(35-34-17)24(26,27)28)18-12-30-21(33-18)23(37)32-10-13-4-5-15(16(25)8-13)22(36)31-11-14-6-7-29-9-14/h1,4-5,8,12,14,29H,3,6-7,9-11H2,(H,30,33)(H,31,36)(H,32,37)(H,34,35)/t14-/m1/s1. The molecule has 0 radical (unpaired) electrons. The van der Waals surface area contributed by atoms with E-state index in [2.05, 4.69) is 42.0 Å². The van der Waals surface area contributed by atoms with Crippen molar-refractivity contribution in [3.05, 3.63) is 57.8 Å². The number of H-pyrrole nitrogens is 2. The van der Waals surface area contributed by atoms with Gasteiger partial charge in [-0.15, -0.1) is 12.3 Å². The minimum absolute atomic E-state index is 0.0477. The number of hydrogen-bond donors (Lipinski definition) is 5. The van der Waals surface area contributed by atoms with E-state index >= 15 is 0 Å². The molecule has 1 saturated heterocycles. The van der Waals surface area contributed by atoms with Gasteiger partial charge in [0.25, 0.3) is 11.8 Å². The SMILES string of the molecule is C#CCc1[nH]nc(C(F)(F)F)c1-c1cnc(C(=O)NCc2ccc(C(=O)NC[C@@H]3CCNC3)c(Cl)c2)[nH]1. The van der Waals surface area contributed by atoms with Gasteiger partial charge in [-0.25, -0.2) is 4.98 Å². The van der Waals surface area contributed by atoms with Crippen molar-refractivity contribution < 1.29 is 22.8 Å². The smallest absolute Gasteiger partial charge is 0.352 e. The van der Waals surface area contributed by atoms with Crippen molar-refractivity contribution in [2.24, 2.45) is 5.92 Å². The van der Waals surface area contributed by atoms with E-state index < -0.39 is 17.8 Å². The van der Waals surface area contributed by atoms with Crippen LogP contribution >= 0.6 is 11.6 Å². The average molecular weight is 534 g/mol. The highest BCUT2D eigenvalue weighted by Crippen LogP contribution is 2.37. The average Bonchev–Trinajstić information content (AvgIpc) is 3.61. The molecule has 5 N–H and O–H groups in total. The Bertz CT molecular complexity index is 1340. The predicted octanol–water partition coefficient (Wildman–Crippen LogP) is 2.92. The molecule has 194 valence electrons. The summed E-state index contributed by atoms with van der Waals surface area (Å²) in [7, 11) is 0. The van der Waals surface area contributed by atoms with Gasteiger partial charge >= 0.3 is 6.18 Å². The molecule has 0 spiro atoms. The lowest BCUT2D eigenvalue weighted by molar-refractivity contribution is -0.140. The van der Waals surface area contributed by atoms with E-state index in [-0.39, 0.29) is 46.7 Å². The molecule has 0 aliphatic carbocycles. The molecule has 1 fully saturated rings. The molecular weight excluding hydrogens is 511 g/mol. The van der Waals surface area contributed by atoms with Crippen LogP contribution in [0.15, 0.2) is 24.4 Å². The van der Waals surface area contributed by atoms with Gasteiger partial charge in [-0.05, 0) is 43.1 Å². The molecule has 0 unspecified atom stereocenters. The van der Waals surface area contributed by atoms with Crippen LogP contribution < -0.4 is 16.0 Å². The Balaban J connectivity index is 1.40. The van der Waals surface area contributed by atoms with Crippen molar-refractivity contribution in [3.63, 3.8) is 0 Å². The second-order valence-electron chi connectivity index (χ2n) is 8.52. The van der Waals surface area contributed by atoms with Crippen LogP contribution in [0.4, 0.5) is 13.2 Å². The Morgan fingerprint density at radius 3 is 2.73 bits per heavy atom. The summed E-state index contributed by atoms with van der Waals surface area (Å²) >= 11 is 6.29. The largest absolute Gasteiger partial charge is 0.435 e. The summed E-state index contributed by atoms with van der Waals surface area (Å²) in [5.74, 6) is 1.53. The molecule has 0 bridgehead atoms. The van der Waals surface area contributed by atoms with E-state index in [1.807, 2.05) is 0 Å². The summed E-state index contributed by atoms with van der Waals surface area (Å²) in [5, 5.41) is 14.6. The number of halogens is 4. The summed E-state index contributed by atoms with van der Waals surface area (Å²) < 4.78 is 40.2. The van der Waals surface area contributed by atoms with E-state index in [1.165, 1.54) is 0 Å². The lowest BCUT2D eigenvalue weighted by atomic mass is 10.1. The molecule has 1 aromatic carbocycles. The zero-order valence-corrected chi connectivity index (χ0v) is 20.2. The Morgan fingerprint density at radius 1 is 1.24 bits per heavy atom.